The largest absolute Gasteiger partial charge is 0.508 e. The smallest absolute Gasteiger partial charge is 0.289 e. The number of aryl methyl sites for hydroxylation is 1. The average molecular weight is 320 g/mol. The summed E-state index contributed by atoms with van der Waals surface area (Å²) in [5.74, 6) is -0.199. The van der Waals surface area contributed by atoms with Gasteiger partial charge in [-0.2, -0.15) is 10.2 Å². The van der Waals surface area contributed by atoms with Gasteiger partial charge in [-0.3, -0.25) is 9.89 Å². The number of phenols is 1. The summed E-state index contributed by atoms with van der Waals surface area (Å²) in [5.41, 5.74) is 6.30. The molecule has 1 heterocycles. The van der Waals surface area contributed by atoms with E-state index in [0.717, 1.165) is 16.7 Å². The van der Waals surface area contributed by atoms with Crippen LogP contribution in [-0.4, -0.2) is 27.4 Å². The van der Waals surface area contributed by atoms with Crippen molar-refractivity contribution in [1.82, 2.24) is 15.6 Å². The molecular formula is C18H16N4O2. The SMILES string of the molecule is Cc1ccccc1-c1cc(C(=O)N/N=C/c2ccc(O)cc2)[nH]n1. The lowest BCUT2D eigenvalue weighted by Crippen LogP contribution is -2.17. The highest BCUT2D eigenvalue weighted by atomic mass is 16.3. The average Bonchev–Trinajstić information content (AvgIpc) is 3.07. The molecular weight excluding hydrogens is 304 g/mol. The number of nitrogens with one attached hydrogen (secondary N) is 2. The van der Waals surface area contributed by atoms with Gasteiger partial charge in [0, 0.05) is 5.56 Å². The Bertz CT molecular complexity index is 882. The van der Waals surface area contributed by atoms with Gasteiger partial charge in [0.15, 0.2) is 0 Å². The van der Waals surface area contributed by atoms with Crippen molar-refractivity contribution in [2.24, 2.45) is 5.10 Å². The molecule has 0 aliphatic carbocycles. The van der Waals surface area contributed by atoms with Gasteiger partial charge in [-0.05, 0) is 48.4 Å². The van der Waals surface area contributed by atoms with Crippen molar-refractivity contribution in [2.45, 2.75) is 6.92 Å². The van der Waals surface area contributed by atoms with Gasteiger partial charge in [0.25, 0.3) is 5.91 Å². The number of H-pyrrole nitrogens is 1. The first kappa shape index (κ1) is 15.5. The molecule has 1 aromatic heterocycles. The predicted molar refractivity (Wildman–Crippen MR) is 91.9 cm³/mol. The van der Waals surface area contributed by atoms with Crippen molar-refractivity contribution in [3.8, 4) is 17.0 Å². The van der Waals surface area contributed by atoms with Crippen molar-refractivity contribution in [2.75, 3.05) is 0 Å². The quantitative estimate of drug-likeness (QED) is 0.510. The van der Waals surface area contributed by atoms with Crippen LogP contribution in [0.2, 0.25) is 0 Å². The molecule has 0 fully saturated rings. The standard InChI is InChI=1S/C18H16N4O2/c1-12-4-2-3-5-15(12)16-10-17(21-20-16)18(24)22-19-11-13-6-8-14(23)9-7-13/h2-11,23H,1H3,(H,20,21)(H,22,24)/b19-11+. The van der Waals surface area contributed by atoms with E-state index in [0.29, 0.717) is 11.4 Å². The van der Waals surface area contributed by atoms with E-state index < -0.39 is 0 Å². The van der Waals surface area contributed by atoms with Crippen molar-refractivity contribution in [3.05, 3.63) is 71.4 Å². The first-order valence-electron chi connectivity index (χ1n) is 7.37. The van der Waals surface area contributed by atoms with E-state index in [2.05, 4.69) is 20.7 Å². The number of phenolic OH excluding ortho intramolecular Hbond substituents is 1. The van der Waals surface area contributed by atoms with Gasteiger partial charge in [0.1, 0.15) is 11.4 Å². The van der Waals surface area contributed by atoms with Crippen LogP contribution in [0.1, 0.15) is 21.6 Å². The van der Waals surface area contributed by atoms with Gasteiger partial charge in [0.2, 0.25) is 0 Å². The zero-order valence-corrected chi connectivity index (χ0v) is 13.0. The van der Waals surface area contributed by atoms with Crippen LogP contribution in [0, 0.1) is 6.92 Å². The van der Waals surface area contributed by atoms with E-state index in [1.165, 1.54) is 6.21 Å². The van der Waals surface area contributed by atoms with Crippen LogP contribution < -0.4 is 5.43 Å². The van der Waals surface area contributed by atoms with E-state index in [-0.39, 0.29) is 11.7 Å². The van der Waals surface area contributed by atoms with Gasteiger partial charge in [-0.15, -0.1) is 0 Å². The number of aromatic amines is 1. The van der Waals surface area contributed by atoms with Gasteiger partial charge in [-0.1, -0.05) is 24.3 Å². The molecule has 6 heteroatoms. The number of amides is 1. The molecule has 0 saturated heterocycles. The molecule has 0 unspecified atom stereocenters. The highest BCUT2D eigenvalue weighted by Gasteiger charge is 2.11. The summed E-state index contributed by atoms with van der Waals surface area (Å²) in [6, 6.07) is 16.0. The second-order valence-electron chi connectivity index (χ2n) is 5.27. The topological polar surface area (TPSA) is 90.4 Å². The molecule has 0 atom stereocenters. The van der Waals surface area contributed by atoms with E-state index in [9.17, 15) is 9.90 Å². The molecule has 6 nitrogen and oxygen atoms in total. The third kappa shape index (κ3) is 3.49. The number of aromatic hydroxyl groups is 1. The summed E-state index contributed by atoms with van der Waals surface area (Å²) in [4.78, 5) is 12.1. The second-order valence-corrected chi connectivity index (χ2v) is 5.27. The zero-order valence-electron chi connectivity index (χ0n) is 13.0. The summed E-state index contributed by atoms with van der Waals surface area (Å²) in [7, 11) is 0. The molecule has 2 aromatic carbocycles. The molecule has 0 aliphatic heterocycles. The second kappa shape index (κ2) is 6.78. The molecule has 3 aromatic rings. The van der Waals surface area contributed by atoms with E-state index in [1.807, 2.05) is 31.2 Å². The summed E-state index contributed by atoms with van der Waals surface area (Å²) in [6.45, 7) is 1.99. The van der Waals surface area contributed by atoms with Gasteiger partial charge >= 0.3 is 0 Å². The minimum absolute atomic E-state index is 0.178. The molecule has 0 bridgehead atoms. The van der Waals surface area contributed by atoms with Crippen LogP contribution >= 0.6 is 0 Å². The maximum atomic E-state index is 12.1. The maximum absolute atomic E-state index is 12.1. The van der Waals surface area contributed by atoms with Crippen LogP contribution in [0.5, 0.6) is 5.75 Å². The number of benzene rings is 2. The number of hydrogen-bond donors (Lipinski definition) is 3. The van der Waals surface area contributed by atoms with Crippen molar-refractivity contribution >= 4 is 12.1 Å². The fraction of sp³-hybridized carbons (Fsp3) is 0.0556. The summed E-state index contributed by atoms with van der Waals surface area (Å²) in [5, 5.41) is 20.0. The lowest BCUT2D eigenvalue weighted by atomic mass is 10.1. The summed E-state index contributed by atoms with van der Waals surface area (Å²) >= 11 is 0. The van der Waals surface area contributed by atoms with Crippen molar-refractivity contribution in [1.29, 1.82) is 0 Å². The minimum atomic E-state index is -0.377. The Hall–Kier alpha value is -3.41. The Labute approximate surface area is 138 Å². The molecule has 0 radical (unpaired) electrons. The zero-order chi connectivity index (χ0) is 16.9. The molecule has 3 N–H and O–H groups in total. The predicted octanol–water partition coefficient (Wildman–Crippen LogP) is 2.85. The number of carbonyl (C=O) groups is 1. The third-order valence-electron chi connectivity index (χ3n) is 3.52. The first-order valence-corrected chi connectivity index (χ1v) is 7.37. The number of nitrogens with zero attached hydrogens (tertiary/aromatic N) is 2. The maximum Gasteiger partial charge on any atom is 0.289 e. The van der Waals surface area contributed by atoms with Crippen LogP contribution in [0.15, 0.2) is 59.7 Å². The van der Waals surface area contributed by atoms with E-state index in [1.54, 1.807) is 30.3 Å². The number of hydrogen-bond acceptors (Lipinski definition) is 4. The number of rotatable bonds is 4. The summed E-state index contributed by atoms with van der Waals surface area (Å²) < 4.78 is 0. The molecule has 24 heavy (non-hydrogen) atoms. The van der Waals surface area contributed by atoms with E-state index in [4.69, 9.17) is 0 Å². The first-order chi connectivity index (χ1) is 11.6. The molecule has 3 rings (SSSR count). The van der Waals surface area contributed by atoms with Gasteiger partial charge in [0.05, 0.1) is 11.9 Å². The van der Waals surface area contributed by atoms with Crippen LogP contribution in [0.25, 0.3) is 11.3 Å². The van der Waals surface area contributed by atoms with Crippen LogP contribution in [0.4, 0.5) is 0 Å². The fourth-order valence-corrected chi connectivity index (χ4v) is 2.22. The fourth-order valence-electron chi connectivity index (χ4n) is 2.22. The molecule has 0 spiro atoms. The lowest BCUT2D eigenvalue weighted by molar-refractivity contribution is 0.0950. The van der Waals surface area contributed by atoms with Crippen LogP contribution in [-0.2, 0) is 0 Å². The number of hydrazone groups is 1. The van der Waals surface area contributed by atoms with Crippen LogP contribution in [0.3, 0.4) is 0 Å². The highest BCUT2D eigenvalue weighted by Crippen LogP contribution is 2.21. The molecule has 1 amide bonds. The molecule has 0 aliphatic rings. The summed E-state index contributed by atoms with van der Waals surface area (Å²) in [6.07, 6.45) is 1.50. The number of carbonyl (C=O) groups excluding carboxylic acids is 1. The third-order valence-corrected chi connectivity index (χ3v) is 3.52. The minimum Gasteiger partial charge on any atom is -0.508 e. The van der Waals surface area contributed by atoms with Gasteiger partial charge in [-0.25, -0.2) is 5.43 Å². The Morgan fingerprint density at radius 1 is 1.21 bits per heavy atom. The van der Waals surface area contributed by atoms with Crippen molar-refractivity contribution < 1.29 is 9.90 Å². The Balaban J connectivity index is 1.68. The van der Waals surface area contributed by atoms with E-state index >= 15 is 0 Å². The monoisotopic (exact) mass is 320 g/mol. The number of aromatic nitrogens is 2. The Morgan fingerprint density at radius 3 is 2.71 bits per heavy atom. The van der Waals surface area contributed by atoms with Crippen molar-refractivity contribution in [3.63, 3.8) is 0 Å². The Kier molecular flexibility index (Phi) is 4.38. The molecule has 0 saturated carbocycles. The molecule has 120 valence electrons. The highest BCUT2D eigenvalue weighted by molar-refractivity contribution is 5.94. The van der Waals surface area contributed by atoms with Gasteiger partial charge < -0.3 is 5.11 Å². The lowest BCUT2D eigenvalue weighted by Gasteiger charge is -1.99. The Morgan fingerprint density at radius 2 is 1.96 bits per heavy atom. The normalized spacial score (nSPS) is 10.9.